The lowest BCUT2D eigenvalue weighted by atomic mass is 10.0. The average Bonchev–Trinajstić information content (AvgIpc) is 3.23. The standard InChI is InChI=1S/C20H23N3O3S2/c1-14-12-19(17-13-16(26-2)5-6-18(17)21-14)23-9-7-15(8-10-23)22-28(24,25)20-4-3-11-27-20/h3-6,11-13,15,22H,7-10H2,1-2H3. The van der Waals surface area contributed by atoms with Crippen LogP contribution >= 0.6 is 11.3 Å². The third-order valence-electron chi connectivity index (χ3n) is 5.04. The van der Waals surface area contributed by atoms with Crippen LogP contribution in [0, 0.1) is 6.92 Å². The fourth-order valence-electron chi connectivity index (χ4n) is 3.64. The van der Waals surface area contributed by atoms with Gasteiger partial charge in [-0.25, -0.2) is 13.1 Å². The number of hydrogen-bond acceptors (Lipinski definition) is 6. The Hall–Kier alpha value is -2.16. The predicted octanol–water partition coefficient (Wildman–Crippen LogP) is 3.56. The van der Waals surface area contributed by atoms with E-state index in [1.807, 2.05) is 25.1 Å². The molecule has 0 saturated carbocycles. The molecule has 1 saturated heterocycles. The molecule has 1 fully saturated rings. The summed E-state index contributed by atoms with van der Waals surface area (Å²) in [7, 11) is -1.77. The molecule has 3 heterocycles. The van der Waals surface area contributed by atoms with Crippen molar-refractivity contribution in [2.75, 3.05) is 25.1 Å². The summed E-state index contributed by atoms with van der Waals surface area (Å²) in [6.07, 6.45) is 1.52. The fourth-order valence-corrected chi connectivity index (χ4v) is 5.95. The first-order valence-electron chi connectivity index (χ1n) is 9.22. The quantitative estimate of drug-likeness (QED) is 0.687. The summed E-state index contributed by atoms with van der Waals surface area (Å²) in [6.45, 7) is 3.57. The number of methoxy groups -OCH3 is 1. The highest BCUT2D eigenvalue weighted by molar-refractivity contribution is 7.91. The van der Waals surface area contributed by atoms with Crippen molar-refractivity contribution in [3.8, 4) is 5.75 Å². The number of anilines is 1. The van der Waals surface area contributed by atoms with Crippen LogP contribution in [-0.2, 0) is 10.0 Å². The second-order valence-electron chi connectivity index (χ2n) is 6.98. The van der Waals surface area contributed by atoms with Crippen LogP contribution in [-0.4, -0.2) is 39.6 Å². The van der Waals surface area contributed by atoms with E-state index in [0.29, 0.717) is 4.21 Å². The number of thiophene rings is 1. The molecule has 148 valence electrons. The van der Waals surface area contributed by atoms with Gasteiger partial charge in [-0.1, -0.05) is 6.07 Å². The topological polar surface area (TPSA) is 71.5 Å². The molecule has 6 nitrogen and oxygen atoms in total. The van der Waals surface area contributed by atoms with Gasteiger partial charge in [0.2, 0.25) is 10.0 Å². The molecule has 8 heteroatoms. The first kappa shape index (κ1) is 19.2. The lowest BCUT2D eigenvalue weighted by Crippen LogP contribution is -2.44. The second-order valence-corrected chi connectivity index (χ2v) is 9.87. The van der Waals surface area contributed by atoms with Crippen molar-refractivity contribution in [1.29, 1.82) is 0 Å². The van der Waals surface area contributed by atoms with Gasteiger partial charge >= 0.3 is 0 Å². The number of benzene rings is 1. The number of pyridine rings is 1. The van der Waals surface area contributed by atoms with E-state index in [-0.39, 0.29) is 6.04 Å². The van der Waals surface area contributed by atoms with Gasteiger partial charge in [-0.2, -0.15) is 0 Å². The van der Waals surface area contributed by atoms with Crippen molar-refractivity contribution in [2.24, 2.45) is 0 Å². The summed E-state index contributed by atoms with van der Waals surface area (Å²) in [5, 5.41) is 2.84. The molecule has 0 bridgehead atoms. The number of piperidine rings is 1. The Morgan fingerprint density at radius 1 is 1.21 bits per heavy atom. The van der Waals surface area contributed by atoms with Gasteiger partial charge in [0.15, 0.2) is 0 Å². The fraction of sp³-hybridized carbons (Fsp3) is 0.350. The zero-order valence-electron chi connectivity index (χ0n) is 15.9. The summed E-state index contributed by atoms with van der Waals surface area (Å²) < 4.78 is 33.5. The van der Waals surface area contributed by atoms with Crippen LogP contribution in [0.15, 0.2) is 46.0 Å². The third-order valence-corrected chi connectivity index (χ3v) is 7.96. The van der Waals surface area contributed by atoms with Crippen molar-refractivity contribution >= 4 is 38.0 Å². The first-order chi connectivity index (χ1) is 13.5. The Balaban J connectivity index is 1.52. The Morgan fingerprint density at radius 2 is 2.00 bits per heavy atom. The van der Waals surface area contributed by atoms with E-state index in [1.54, 1.807) is 24.6 Å². The highest BCUT2D eigenvalue weighted by atomic mass is 32.2. The summed E-state index contributed by atoms with van der Waals surface area (Å²) in [6, 6.07) is 11.4. The lowest BCUT2D eigenvalue weighted by Gasteiger charge is -2.34. The summed E-state index contributed by atoms with van der Waals surface area (Å²) in [4.78, 5) is 6.94. The van der Waals surface area contributed by atoms with E-state index >= 15 is 0 Å². The average molecular weight is 418 g/mol. The first-order valence-corrected chi connectivity index (χ1v) is 11.6. The Kier molecular flexibility index (Phi) is 5.27. The lowest BCUT2D eigenvalue weighted by molar-refractivity contribution is 0.415. The maximum Gasteiger partial charge on any atom is 0.250 e. The molecule has 28 heavy (non-hydrogen) atoms. The highest BCUT2D eigenvalue weighted by Gasteiger charge is 2.26. The van der Waals surface area contributed by atoms with Crippen LogP contribution in [0.1, 0.15) is 18.5 Å². The van der Waals surface area contributed by atoms with Crippen molar-refractivity contribution in [3.63, 3.8) is 0 Å². The van der Waals surface area contributed by atoms with Gasteiger partial charge in [-0.05, 0) is 55.5 Å². The summed E-state index contributed by atoms with van der Waals surface area (Å²) in [5.41, 5.74) is 3.03. The zero-order valence-corrected chi connectivity index (χ0v) is 17.5. The molecular formula is C20H23N3O3S2. The molecule has 1 aliphatic rings. The van der Waals surface area contributed by atoms with Gasteiger partial charge in [-0.15, -0.1) is 11.3 Å². The Bertz CT molecular complexity index is 1070. The van der Waals surface area contributed by atoms with Crippen molar-refractivity contribution < 1.29 is 13.2 Å². The zero-order chi connectivity index (χ0) is 19.7. The molecule has 2 aromatic heterocycles. The van der Waals surface area contributed by atoms with Crippen LogP contribution in [0.25, 0.3) is 10.9 Å². The van der Waals surface area contributed by atoms with Crippen molar-refractivity contribution in [2.45, 2.75) is 30.0 Å². The van der Waals surface area contributed by atoms with Gasteiger partial charge in [-0.3, -0.25) is 4.98 Å². The van der Waals surface area contributed by atoms with E-state index in [0.717, 1.165) is 54.0 Å². The Labute approximate surface area is 169 Å². The largest absolute Gasteiger partial charge is 0.497 e. The number of sulfonamides is 1. The number of ether oxygens (including phenoxy) is 1. The number of nitrogens with one attached hydrogen (secondary N) is 1. The maximum atomic E-state index is 12.5. The molecule has 0 spiro atoms. The number of aromatic nitrogens is 1. The summed E-state index contributed by atoms with van der Waals surface area (Å²) in [5.74, 6) is 0.804. The summed E-state index contributed by atoms with van der Waals surface area (Å²) >= 11 is 1.24. The molecule has 0 radical (unpaired) electrons. The maximum absolute atomic E-state index is 12.5. The van der Waals surface area contributed by atoms with Crippen molar-refractivity contribution in [3.05, 3.63) is 47.5 Å². The smallest absolute Gasteiger partial charge is 0.250 e. The number of fused-ring (bicyclic) bond motifs is 1. The molecule has 0 atom stereocenters. The van der Waals surface area contributed by atoms with Crippen molar-refractivity contribution in [1.82, 2.24) is 9.71 Å². The number of nitrogens with zero attached hydrogens (tertiary/aromatic N) is 2. The monoisotopic (exact) mass is 417 g/mol. The molecule has 4 rings (SSSR count). The number of hydrogen-bond donors (Lipinski definition) is 1. The minimum atomic E-state index is -3.43. The molecule has 1 aromatic carbocycles. The highest BCUT2D eigenvalue weighted by Crippen LogP contribution is 2.32. The molecule has 0 amide bonds. The van der Waals surface area contributed by atoms with Gasteiger partial charge in [0.1, 0.15) is 9.96 Å². The minimum Gasteiger partial charge on any atom is -0.497 e. The van der Waals surface area contributed by atoms with Crippen LogP contribution < -0.4 is 14.4 Å². The molecular weight excluding hydrogens is 394 g/mol. The van der Waals surface area contributed by atoms with Crippen LogP contribution in [0.5, 0.6) is 5.75 Å². The predicted molar refractivity (Wildman–Crippen MR) is 113 cm³/mol. The minimum absolute atomic E-state index is 0.0490. The van der Waals surface area contributed by atoms with E-state index in [2.05, 4.69) is 20.7 Å². The number of aryl methyl sites for hydroxylation is 1. The van der Waals surface area contributed by atoms with E-state index in [4.69, 9.17) is 4.74 Å². The van der Waals surface area contributed by atoms with Crippen LogP contribution in [0.4, 0.5) is 5.69 Å². The van der Waals surface area contributed by atoms with Gasteiger partial charge < -0.3 is 9.64 Å². The molecule has 1 aliphatic heterocycles. The Morgan fingerprint density at radius 3 is 2.68 bits per heavy atom. The SMILES string of the molecule is COc1ccc2nc(C)cc(N3CCC(NS(=O)(=O)c4cccs4)CC3)c2c1. The molecule has 0 unspecified atom stereocenters. The third kappa shape index (κ3) is 3.85. The van der Waals surface area contributed by atoms with Gasteiger partial charge in [0.05, 0.1) is 12.6 Å². The molecule has 1 N–H and O–H groups in total. The van der Waals surface area contributed by atoms with Gasteiger partial charge in [0, 0.05) is 35.9 Å². The van der Waals surface area contributed by atoms with E-state index in [9.17, 15) is 8.42 Å². The van der Waals surface area contributed by atoms with E-state index < -0.39 is 10.0 Å². The normalized spacial score (nSPS) is 15.9. The molecule has 0 aliphatic carbocycles. The number of rotatable bonds is 5. The second kappa shape index (κ2) is 7.69. The van der Waals surface area contributed by atoms with E-state index in [1.165, 1.54) is 11.3 Å². The van der Waals surface area contributed by atoms with Crippen LogP contribution in [0.3, 0.4) is 0 Å². The molecule has 3 aromatic rings. The van der Waals surface area contributed by atoms with Crippen LogP contribution in [0.2, 0.25) is 0 Å². The van der Waals surface area contributed by atoms with Gasteiger partial charge in [0.25, 0.3) is 0 Å².